The third-order valence-corrected chi connectivity index (χ3v) is 2.22. The van der Waals surface area contributed by atoms with Crippen LogP contribution in [0.15, 0.2) is 30.3 Å². The van der Waals surface area contributed by atoms with E-state index in [4.69, 9.17) is 9.47 Å². The van der Waals surface area contributed by atoms with Gasteiger partial charge in [0.25, 0.3) is 0 Å². The van der Waals surface area contributed by atoms with Gasteiger partial charge in [-0.3, -0.25) is 4.79 Å². The molecule has 1 aromatic carbocycles. The lowest BCUT2D eigenvalue weighted by atomic mass is 10.1. The third-order valence-electron chi connectivity index (χ3n) is 2.22. The number of para-hydroxylation sites is 1. The second-order valence-corrected chi connectivity index (χ2v) is 3.41. The minimum absolute atomic E-state index is 0.0547. The van der Waals surface area contributed by atoms with Crippen molar-refractivity contribution in [1.29, 1.82) is 0 Å². The maximum atomic E-state index is 11.7. The second kappa shape index (κ2) is 4.91. The molecule has 0 saturated carbocycles. The van der Waals surface area contributed by atoms with Crippen molar-refractivity contribution < 1.29 is 14.3 Å². The maximum Gasteiger partial charge on any atom is 0.232 e. The molecule has 4 nitrogen and oxygen atoms in total. The molecule has 0 aliphatic carbocycles. The highest BCUT2D eigenvalue weighted by atomic mass is 16.7. The van der Waals surface area contributed by atoms with Gasteiger partial charge in [0, 0.05) is 5.69 Å². The average Bonchev–Trinajstić information content (AvgIpc) is 2.31. The zero-order valence-corrected chi connectivity index (χ0v) is 8.31. The summed E-state index contributed by atoms with van der Waals surface area (Å²) in [6.45, 7) is 1.15. The Morgan fingerprint density at radius 3 is 2.53 bits per heavy atom. The summed E-state index contributed by atoms with van der Waals surface area (Å²) in [5.74, 6) is -0.264. The SMILES string of the molecule is O=C(Nc1ccccc1)C1COCOC1. The maximum absolute atomic E-state index is 11.7. The van der Waals surface area contributed by atoms with E-state index in [1.165, 1.54) is 0 Å². The highest BCUT2D eigenvalue weighted by Gasteiger charge is 2.22. The van der Waals surface area contributed by atoms with Crippen LogP contribution in [0.25, 0.3) is 0 Å². The summed E-state index contributed by atoms with van der Waals surface area (Å²) in [5, 5.41) is 2.81. The number of ether oxygens (including phenoxy) is 2. The van der Waals surface area contributed by atoms with Gasteiger partial charge >= 0.3 is 0 Å². The number of carbonyl (C=O) groups is 1. The molecular weight excluding hydrogens is 194 g/mol. The Morgan fingerprint density at radius 1 is 1.20 bits per heavy atom. The highest BCUT2D eigenvalue weighted by molar-refractivity contribution is 5.92. The lowest BCUT2D eigenvalue weighted by Crippen LogP contribution is -2.34. The third kappa shape index (κ3) is 2.78. The average molecular weight is 207 g/mol. The van der Waals surface area contributed by atoms with Crippen LogP contribution < -0.4 is 5.32 Å². The molecule has 0 unspecified atom stereocenters. The van der Waals surface area contributed by atoms with Crippen molar-refractivity contribution >= 4 is 11.6 Å². The largest absolute Gasteiger partial charge is 0.355 e. The number of amides is 1. The molecule has 1 aromatic rings. The van der Waals surface area contributed by atoms with E-state index in [9.17, 15) is 4.79 Å². The summed E-state index contributed by atoms with van der Waals surface area (Å²) in [5.41, 5.74) is 0.799. The van der Waals surface area contributed by atoms with Gasteiger partial charge in [0.15, 0.2) is 0 Å². The van der Waals surface area contributed by atoms with Crippen LogP contribution in [0.5, 0.6) is 0 Å². The number of hydrogen-bond donors (Lipinski definition) is 1. The number of hydrogen-bond acceptors (Lipinski definition) is 3. The molecule has 0 spiro atoms. The van der Waals surface area contributed by atoms with Crippen molar-refractivity contribution in [2.24, 2.45) is 5.92 Å². The molecule has 4 heteroatoms. The smallest absolute Gasteiger partial charge is 0.232 e. The van der Waals surface area contributed by atoms with E-state index in [0.717, 1.165) is 5.69 Å². The Bertz CT molecular complexity index is 320. The predicted molar refractivity (Wildman–Crippen MR) is 55.3 cm³/mol. The van der Waals surface area contributed by atoms with E-state index in [0.29, 0.717) is 13.2 Å². The Hall–Kier alpha value is -1.39. The minimum Gasteiger partial charge on any atom is -0.355 e. The van der Waals surface area contributed by atoms with Gasteiger partial charge in [-0.15, -0.1) is 0 Å². The molecule has 1 aliphatic rings. The normalized spacial score (nSPS) is 17.3. The molecule has 15 heavy (non-hydrogen) atoms. The van der Waals surface area contributed by atoms with Gasteiger partial charge in [-0.1, -0.05) is 18.2 Å². The van der Waals surface area contributed by atoms with E-state index in [-0.39, 0.29) is 18.6 Å². The quantitative estimate of drug-likeness (QED) is 0.793. The van der Waals surface area contributed by atoms with E-state index >= 15 is 0 Å². The fourth-order valence-electron chi connectivity index (χ4n) is 1.40. The lowest BCUT2D eigenvalue weighted by molar-refractivity contribution is -0.147. The topological polar surface area (TPSA) is 47.6 Å². The Labute approximate surface area is 88.2 Å². The highest BCUT2D eigenvalue weighted by Crippen LogP contribution is 2.10. The molecule has 1 amide bonds. The van der Waals surface area contributed by atoms with Gasteiger partial charge in [-0.05, 0) is 12.1 Å². The molecule has 1 aliphatic heterocycles. The van der Waals surface area contributed by atoms with Crippen molar-refractivity contribution in [3.8, 4) is 0 Å². The number of anilines is 1. The van der Waals surface area contributed by atoms with Crippen molar-refractivity contribution in [3.05, 3.63) is 30.3 Å². The van der Waals surface area contributed by atoms with E-state index in [1.54, 1.807) is 0 Å². The standard InChI is InChI=1S/C11H13NO3/c13-11(9-6-14-8-15-7-9)12-10-4-2-1-3-5-10/h1-5,9H,6-8H2,(H,12,13). The van der Waals surface area contributed by atoms with Crippen LogP contribution in [0, 0.1) is 5.92 Å². The van der Waals surface area contributed by atoms with Crippen molar-refractivity contribution in [1.82, 2.24) is 0 Å². The van der Waals surface area contributed by atoms with Crippen LogP contribution in [-0.2, 0) is 14.3 Å². The van der Waals surface area contributed by atoms with Gasteiger partial charge in [0.1, 0.15) is 6.79 Å². The first-order chi connectivity index (χ1) is 7.36. The lowest BCUT2D eigenvalue weighted by Gasteiger charge is -2.21. The first-order valence-corrected chi connectivity index (χ1v) is 4.87. The molecule has 1 fully saturated rings. The molecule has 1 N–H and O–H groups in total. The van der Waals surface area contributed by atoms with Gasteiger partial charge in [0.2, 0.25) is 5.91 Å². The van der Waals surface area contributed by atoms with E-state index in [2.05, 4.69) is 5.32 Å². The Kier molecular flexibility index (Phi) is 3.32. The molecule has 1 saturated heterocycles. The number of carbonyl (C=O) groups excluding carboxylic acids is 1. The van der Waals surface area contributed by atoms with E-state index in [1.807, 2.05) is 30.3 Å². The van der Waals surface area contributed by atoms with Crippen molar-refractivity contribution in [2.75, 3.05) is 25.3 Å². The summed E-state index contributed by atoms with van der Waals surface area (Å²) in [6.07, 6.45) is 0. The fourth-order valence-corrected chi connectivity index (χ4v) is 1.40. The van der Waals surface area contributed by atoms with Crippen LogP contribution in [-0.4, -0.2) is 25.9 Å². The molecule has 2 rings (SSSR count). The van der Waals surface area contributed by atoms with E-state index < -0.39 is 0 Å². The fraction of sp³-hybridized carbons (Fsp3) is 0.364. The molecule has 0 aromatic heterocycles. The van der Waals surface area contributed by atoms with Crippen LogP contribution in [0.1, 0.15) is 0 Å². The zero-order chi connectivity index (χ0) is 10.5. The zero-order valence-electron chi connectivity index (χ0n) is 8.31. The molecule has 0 radical (unpaired) electrons. The first kappa shape index (κ1) is 10.1. The van der Waals surface area contributed by atoms with Crippen LogP contribution in [0.4, 0.5) is 5.69 Å². The number of rotatable bonds is 2. The summed E-state index contributed by atoms with van der Waals surface area (Å²) in [6, 6.07) is 9.36. The summed E-state index contributed by atoms with van der Waals surface area (Å²) in [4.78, 5) is 11.7. The number of nitrogens with one attached hydrogen (secondary N) is 1. The second-order valence-electron chi connectivity index (χ2n) is 3.41. The van der Waals surface area contributed by atoms with Gasteiger partial charge in [0.05, 0.1) is 19.1 Å². The molecular formula is C11H13NO3. The predicted octanol–water partition coefficient (Wildman–Crippen LogP) is 1.25. The Morgan fingerprint density at radius 2 is 1.87 bits per heavy atom. The van der Waals surface area contributed by atoms with Crippen LogP contribution >= 0.6 is 0 Å². The summed E-state index contributed by atoms with van der Waals surface area (Å²) in [7, 11) is 0. The van der Waals surface area contributed by atoms with Gasteiger partial charge < -0.3 is 14.8 Å². The molecule has 0 atom stereocenters. The summed E-state index contributed by atoms with van der Waals surface area (Å²) >= 11 is 0. The first-order valence-electron chi connectivity index (χ1n) is 4.87. The summed E-state index contributed by atoms with van der Waals surface area (Å²) < 4.78 is 10.1. The monoisotopic (exact) mass is 207 g/mol. The minimum atomic E-state index is -0.209. The van der Waals surface area contributed by atoms with Crippen molar-refractivity contribution in [2.45, 2.75) is 0 Å². The number of benzene rings is 1. The molecule has 0 bridgehead atoms. The van der Waals surface area contributed by atoms with Crippen molar-refractivity contribution in [3.63, 3.8) is 0 Å². The van der Waals surface area contributed by atoms with Gasteiger partial charge in [-0.25, -0.2) is 0 Å². The van der Waals surface area contributed by atoms with Gasteiger partial charge in [-0.2, -0.15) is 0 Å². The molecule has 1 heterocycles. The van der Waals surface area contributed by atoms with Crippen LogP contribution in [0.3, 0.4) is 0 Å². The molecule has 80 valence electrons. The van der Waals surface area contributed by atoms with Crippen LogP contribution in [0.2, 0.25) is 0 Å². The Balaban J connectivity index is 1.91.